The number of sulfonamides is 1. The van der Waals surface area contributed by atoms with Crippen molar-refractivity contribution >= 4 is 45.0 Å². The lowest BCUT2D eigenvalue weighted by atomic mass is 9.74. The SMILES string of the molecule is CSC[C@@H]1CC[C@H]1CN1CCCCc2cc(Cl)ccc2COc2ccc(S(=O)(=O)NC(=O)Cc3ccccc3)cc21. The fourth-order valence-corrected chi connectivity index (χ4v) is 7.77. The molecule has 0 aromatic heterocycles. The summed E-state index contributed by atoms with van der Waals surface area (Å²) < 4.78 is 35.4. The number of rotatable bonds is 8. The van der Waals surface area contributed by atoms with Crippen LogP contribution in [0.1, 0.15) is 42.4 Å². The molecule has 2 aliphatic rings. The van der Waals surface area contributed by atoms with Gasteiger partial charge in [0.05, 0.1) is 17.0 Å². The van der Waals surface area contributed by atoms with Gasteiger partial charge >= 0.3 is 0 Å². The Morgan fingerprint density at radius 2 is 1.83 bits per heavy atom. The van der Waals surface area contributed by atoms with Crippen molar-refractivity contribution < 1.29 is 17.9 Å². The summed E-state index contributed by atoms with van der Waals surface area (Å²) in [5.74, 6) is 2.44. The maximum absolute atomic E-state index is 13.4. The smallest absolute Gasteiger partial charge is 0.264 e. The number of carbonyl (C=O) groups is 1. The van der Waals surface area contributed by atoms with Crippen LogP contribution in [0.25, 0.3) is 0 Å². The molecule has 1 N–H and O–H groups in total. The predicted octanol–water partition coefficient (Wildman–Crippen LogP) is 6.50. The minimum Gasteiger partial charge on any atom is -0.487 e. The molecule has 0 bridgehead atoms. The highest BCUT2D eigenvalue weighted by Crippen LogP contribution is 2.40. The maximum Gasteiger partial charge on any atom is 0.264 e. The second kappa shape index (κ2) is 13.5. The molecular formula is C32H37ClN2O4S2. The van der Waals surface area contributed by atoms with Crippen molar-refractivity contribution in [1.29, 1.82) is 0 Å². The molecule has 218 valence electrons. The Labute approximate surface area is 252 Å². The van der Waals surface area contributed by atoms with E-state index >= 15 is 0 Å². The van der Waals surface area contributed by atoms with E-state index in [0.29, 0.717) is 24.2 Å². The zero-order chi connectivity index (χ0) is 28.8. The molecule has 6 nitrogen and oxygen atoms in total. The number of anilines is 1. The van der Waals surface area contributed by atoms with E-state index in [1.54, 1.807) is 24.3 Å². The van der Waals surface area contributed by atoms with Crippen LogP contribution >= 0.6 is 23.4 Å². The lowest BCUT2D eigenvalue weighted by Crippen LogP contribution is -2.40. The second-order valence-corrected chi connectivity index (χ2v) is 14.0. The largest absolute Gasteiger partial charge is 0.487 e. The number of thioether (sulfide) groups is 1. The number of nitrogens with zero attached hydrogens (tertiary/aromatic N) is 1. The quantitative estimate of drug-likeness (QED) is 0.313. The first-order valence-electron chi connectivity index (χ1n) is 14.2. The Balaban J connectivity index is 1.44. The molecule has 1 heterocycles. The van der Waals surface area contributed by atoms with Crippen molar-refractivity contribution in [1.82, 2.24) is 4.72 Å². The van der Waals surface area contributed by atoms with Gasteiger partial charge < -0.3 is 9.64 Å². The van der Waals surface area contributed by atoms with Crippen LogP contribution in [0.4, 0.5) is 5.69 Å². The van der Waals surface area contributed by atoms with Gasteiger partial charge in [0.2, 0.25) is 5.91 Å². The average Bonchev–Trinajstić information content (AvgIpc) is 2.97. The summed E-state index contributed by atoms with van der Waals surface area (Å²) in [6, 6.07) is 20.0. The highest BCUT2D eigenvalue weighted by Gasteiger charge is 2.33. The van der Waals surface area contributed by atoms with Crippen LogP contribution in [0.5, 0.6) is 5.75 Å². The number of nitrogens with one attached hydrogen (secondary N) is 1. The van der Waals surface area contributed by atoms with Crippen LogP contribution in [0, 0.1) is 11.8 Å². The lowest BCUT2D eigenvalue weighted by Gasteiger charge is -2.41. The van der Waals surface area contributed by atoms with E-state index in [9.17, 15) is 13.2 Å². The minimum absolute atomic E-state index is 0.0117. The van der Waals surface area contributed by atoms with Gasteiger partial charge in [0.1, 0.15) is 12.4 Å². The summed E-state index contributed by atoms with van der Waals surface area (Å²) in [5, 5.41) is 0.717. The molecule has 3 aromatic carbocycles. The summed E-state index contributed by atoms with van der Waals surface area (Å²) in [6.45, 7) is 2.01. The molecule has 3 aromatic rings. The molecule has 0 spiro atoms. The van der Waals surface area contributed by atoms with Crippen LogP contribution in [0.3, 0.4) is 0 Å². The summed E-state index contributed by atoms with van der Waals surface area (Å²) in [5.41, 5.74) is 3.78. The van der Waals surface area contributed by atoms with Crippen molar-refractivity contribution in [3.63, 3.8) is 0 Å². The van der Waals surface area contributed by atoms with Gasteiger partial charge in [-0.15, -0.1) is 0 Å². The van der Waals surface area contributed by atoms with Crippen LogP contribution < -0.4 is 14.4 Å². The van der Waals surface area contributed by atoms with E-state index in [1.807, 2.05) is 48.2 Å². The molecule has 1 aliphatic heterocycles. The van der Waals surface area contributed by atoms with Gasteiger partial charge in [-0.05, 0) is 103 Å². The molecule has 0 unspecified atom stereocenters. The number of carbonyl (C=O) groups excluding carboxylic acids is 1. The van der Waals surface area contributed by atoms with Crippen molar-refractivity contribution in [2.45, 2.75) is 50.0 Å². The summed E-state index contributed by atoms with van der Waals surface area (Å²) in [7, 11) is -4.07. The molecule has 5 rings (SSSR count). The van der Waals surface area contributed by atoms with E-state index in [2.05, 4.69) is 15.9 Å². The van der Waals surface area contributed by atoms with Crippen LogP contribution in [-0.4, -0.2) is 39.4 Å². The van der Waals surface area contributed by atoms with Crippen molar-refractivity contribution in [2.24, 2.45) is 11.8 Å². The molecular weight excluding hydrogens is 576 g/mol. The Morgan fingerprint density at radius 1 is 1.02 bits per heavy atom. The number of hydrogen-bond donors (Lipinski definition) is 1. The average molecular weight is 613 g/mol. The second-order valence-electron chi connectivity index (χ2n) is 11.0. The molecule has 0 saturated heterocycles. The van der Waals surface area contributed by atoms with Crippen molar-refractivity contribution in [2.75, 3.05) is 30.0 Å². The van der Waals surface area contributed by atoms with Gasteiger partial charge in [-0.2, -0.15) is 11.8 Å². The normalized spacial score (nSPS) is 19.1. The third-order valence-corrected chi connectivity index (χ3v) is 10.5. The lowest BCUT2D eigenvalue weighted by molar-refractivity contribution is -0.118. The topological polar surface area (TPSA) is 75.7 Å². The fourth-order valence-electron chi connectivity index (χ4n) is 5.71. The maximum atomic E-state index is 13.4. The van der Waals surface area contributed by atoms with E-state index < -0.39 is 15.9 Å². The molecule has 9 heteroatoms. The number of benzene rings is 3. The molecule has 41 heavy (non-hydrogen) atoms. The first kappa shape index (κ1) is 29.8. The highest BCUT2D eigenvalue weighted by atomic mass is 35.5. The van der Waals surface area contributed by atoms with Gasteiger partial charge in [-0.3, -0.25) is 4.79 Å². The minimum atomic E-state index is -4.07. The van der Waals surface area contributed by atoms with Gasteiger partial charge in [-0.25, -0.2) is 13.1 Å². The standard InChI is InChI=1S/C32H37ClN2O4S2/c1-40-22-27-11-10-25(27)20-35-16-6-5-9-24-18-28(33)13-12-26(24)21-39-31-15-14-29(19-30(31)35)41(37,38)34-32(36)17-23-7-3-2-4-8-23/h2-4,7-8,12-15,18-19,25,27H,5-6,9-11,16-17,20-22H2,1H3,(H,34,36)/t25-,27-/m0/s1. The van der Waals surface area contributed by atoms with Gasteiger partial charge in [0.25, 0.3) is 10.0 Å². The summed E-state index contributed by atoms with van der Waals surface area (Å²) in [4.78, 5) is 15.0. The Morgan fingerprint density at radius 3 is 2.59 bits per heavy atom. The zero-order valence-corrected chi connectivity index (χ0v) is 25.7. The molecule has 2 atom stereocenters. The van der Waals surface area contributed by atoms with Crippen molar-refractivity contribution in [3.05, 3.63) is 88.4 Å². The van der Waals surface area contributed by atoms with Gasteiger partial charge in [0, 0.05) is 18.1 Å². The number of hydrogen-bond acceptors (Lipinski definition) is 6. The number of fused-ring (bicyclic) bond motifs is 2. The molecule has 1 saturated carbocycles. The van der Waals surface area contributed by atoms with Gasteiger partial charge in [0.15, 0.2) is 0 Å². The van der Waals surface area contributed by atoms with Crippen LogP contribution in [0.15, 0.2) is 71.6 Å². The van der Waals surface area contributed by atoms with Crippen molar-refractivity contribution in [3.8, 4) is 5.75 Å². The highest BCUT2D eigenvalue weighted by molar-refractivity contribution is 7.98. The van der Waals surface area contributed by atoms with E-state index in [1.165, 1.54) is 24.5 Å². The fraction of sp³-hybridized carbons (Fsp3) is 0.406. The van der Waals surface area contributed by atoms with Gasteiger partial charge in [-0.1, -0.05) is 48.0 Å². The number of amides is 1. The molecule has 1 amide bonds. The predicted molar refractivity (Wildman–Crippen MR) is 167 cm³/mol. The Bertz CT molecular complexity index is 1470. The summed E-state index contributed by atoms with van der Waals surface area (Å²) >= 11 is 8.19. The summed E-state index contributed by atoms with van der Waals surface area (Å²) in [6.07, 6.45) is 7.41. The van der Waals surface area contributed by atoms with E-state index in [-0.39, 0.29) is 11.3 Å². The third-order valence-electron chi connectivity index (χ3n) is 8.12. The Kier molecular flexibility index (Phi) is 9.83. The third kappa shape index (κ3) is 7.59. The Hall–Kier alpha value is -2.68. The van der Waals surface area contributed by atoms with Crippen LogP contribution in [0.2, 0.25) is 5.02 Å². The zero-order valence-electron chi connectivity index (χ0n) is 23.4. The van der Waals surface area contributed by atoms with E-state index in [0.717, 1.165) is 59.9 Å². The number of halogens is 1. The molecule has 1 fully saturated rings. The van der Waals surface area contributed by atoms with Crippen LogP contribution in [-0.2, 0) is 34.3 Å². The molecule has 1 aliphatic carbocycles. The monoisotopic (exact) mass is 612 g/mol. The number of ether oxygens (including phenoxy) is 1. The van der Waals surface area contributed by atoms with E-state index in [4.69, 9.17) is 16.3 Å². The number of aryl methyl sites for hydroxylation is 1. The first-order chi connectivity index (χ1) is 19.8. The first-order valence-corrected chi connectivity index (χ1v) is 17.5. The molecule has 0 radical (unpaired) electrons.